The van der Waals surface area contributed by atoms with Crippen molar-refractivity contribution in [3.8, 4) is 0 Å². The molecule has 0 aliphatic carbocycles. The highest BCUT2D eigenvalue weighted by Crippen LogP contribution is 2.09. The van der Waals surface area contributed by atoms with Crippen LogP contribution in [0, 0.1) is 12.7 Å². The van der Waals surface area contributed by atoms with Crippen molar-refractivity contribution in [2.24, 2.45) is 0 Å². The molecule has 1 N–H and O–H groups in total. The van der Waals surface area contributed by atoms with Gasteiger partial charge in [0.05, 0.1) is 6.54 Å². The number of rotatable bonds is 4. The summed E-state index contributed by atoms with van der Waals surface area (Å²) in [7, 11) is 0. The van der Waals surface area contributed by atoms with Gasteiger partial charge in [0.15, 0.2) is 11.5 Å². The fourth-order valence-corrected chi connectivity index (χ4v) is 2.15. The topological polar surface area (TPSA) is 42.2 Å². The van der Waals surface area contributed by atoms with Crippen LogP contribution in [0.4, 0.5) is 4.39 Å². The minimum Gasteiger partial charge on any atom is -0.306 e. The molecule has 4 nitrogen and oxygen atoms in total. The van der Waals surface area contributed by atoms with Gasteiger partial charge in [-0.05, 0) is 36.2 Å². The van der Waals surface area contributed by atoms with E-state index in [4.69, 9.17) is 0 Å². The zero-order valence-corrected chi connectivity index (χ0v) is 11.2. The minimum absolute atomic E-state index is 0.169. The first-order valence-corrected chi connectivity index (χ1v) is 6.48. The van der Waals surface area contributed by atoms with Crippen LogP contribution >= 0.6 is 0 Å². The van der Waals surface area contributed by atoms with Crippen LogP contribution < -0.4 is 5.32 Å². The number of hydrogen-bond acceptors (Lipinski definition) is 3. The molecular formula is C15H15FN4. The van der Waals surface area contributed by atoms with Gasteiger partial charge >= 0.3 is 0 Å². The molecule has 20 heavy (non-hydrogen) atoms. The van der Waals surface area contributed by atoms with Crippen molar-refractivity contribution >= 4 is 5.65 Å². The van der Waals surface area contributed by atoms with Gasteiger partial charge < -0.3 is 5.32 Å². The fourth-order valence-electron chi connectivity index (χ4n) is 2.15. The molecule has 5 heteroatoms. The van der Waals surface area contributed by atoms with E-state index in [-0.39, 0.29) is 5.82 Å². The predicted molar refractivity (Wildman–Crippen MR) is 74.7 cm³/mol. The van der Waals surface area contributed by atoms with E-state index in [1.165, 1.54) is 6.07 Å². The Morgan fingerprint density at radius 2 is 2.05 bits per heavy atom. The summed E-state index contributed by atoms with van der Waals surface area (Å²) in [5, 5.41) is 11.5. The number of nitrogens with zero attached hydrogens (tertiary/aromatic N) is 3. The third-order valence-corrected chi connectivity index (χ3v) is 3.22. The van der Waals surface area contributed by atoms with Crippen LogP contribution in [0.1, 0.15) is 17.0 Å². The van der Waals surface area contributed by atoms with Gasteiger partial charge in [-0.3, -0.25) is 4.40 Å². The molecule has 0 aliphatic rings. The maximum absolute atomic E-state index is 13.2. The van der Waals surface area contributed by atoms with E-state index < -0.39 is 0 Å². The quantitative estimate of drug-likeness (QED) is 0.792. The summed E-state index contributed by atoms with van der Waals surface area (Å²) in [6.07, 6.45) is 1.94. The Labute approximate surface area is 116 Å². The number of halogens is 1. The smallest absolute Gasteiger partial charge is 0.160 e. The SMILES string of the molecule is Cc1cc(CNCc2nnc3ccccn23)ccc1F. The Bertz CT molecular complexity index is 736. The molecule has 0 aliphatic heterocycles. The average Bonchev–Trinajstić information content (AvgIpc) is 2.86. The van der Waals surface area contributed by atoms with Gasteiger partial charge in [-0.1, -0.05) is 18.2 Å². The second-order valence-electron chi connectivity index (χ2n) is 4.73. The number of nitrogens with one attached hydrogen (secondary N) is 1. The number of hydrogen-bond donors (Lipinski definition) is 1. The van der Waals surface area contributed by atoms with Crippen molar-refractivity contribution in [3.63, 3.8) is 0 Å². The third-order valence-electron chi connectivity index (χ3n) is 3.22. The van der Waals surface area contributed by atoms with E-state index in [0.717, 1.165) is 17.0 Å². The molecule has 3 rings (SSSR count). The summed E-state index contributed by atoms with van der Waals surface area (Å²) in [5.74, 6) is 0.691. The average molecular weight is 270 g/mol. The van der Waals surface area contributed by atoms with Crippen LogP contribution in [0.15, 0.2) is 42.6 Å². The van der Waals surface area contributed by atoms with Gasteiger partial charge in [0.1, 0.15) is 5.82 Å². The minimum atomic E-state index is -0.169. The van der Waals surface area contributed by atoms with Gasteiger partial charge in [0, 0.05) is 12.7 Å². The van der Waals surface area contributed by atoms with E-state index in [0.29, 0.717) is 18.7 Å². The first-order chi connectivity index (χ1) is 9.74. The van der Waals surface area contributed by atoms with Crippen LogP contribution in [0.3, 0.4) is 0 Å². The normalized spacial score (nSPS) is 11.1. The molecule has 1 aromatic carbocycles. The van der Waals surface area contributed by atoms with E-state index >= 15 is 0 Å². The van der Waals surface area contributed by atoms with Gasteiger partial charge in [-0.25, -0.2) is 4.39 Å². The maximum Gasteiger partial charge on any atom is 0.160 e. The van der Waals surface area contributed by atoms with Gasteiger partial charge in [0.2, 0.25) is 0 Å². The summed E-state index contributed by atoms with van der Waals surface area (Å²) >= 11 is 0. The summed E-state index contributed by atoms with van der Waals surface area (Å²) in [6.45, 7) is 3.05. The summed E-state index contributed by atoms with van der Waals surface area (Å²) in [6, 6.07) is 10.9. The van der Waals surface area contributed by atoms with Crippen molar-refractivity contribution in [1.82, 2.24) is 19.9 Å². The van der Waals surface area contributed by atoms with E-state index in [1.54, 1.807) is 13.0 Å². The number of fused-ring (bicyclic) bond motifs is 1. The lowest BCUT2D eigenvalue weighted by atomic mass is 10.1. The first kappa shape index (κ1) is 12.7. The largest absolute Gasteiger partial charge is 0.306 e. The number of pyridine rings is 1. The Balaban J connectivity index is 1.66. The highest BCUT2D eigenvalue weighted by atomic mass is 19.1. The molecule has 0 amide bonds. The van der Waals surface area contributed by atoms with Crippen molar-refractivity contribution in [2.75, 3.05) is 0 Å². The second-order valence-corrected chi connectivity index (χ2v) is 4.73. The first-order valence-electron chi connectivity index (χ1n) is 6.48. The van der Waals surface area contributed by atoms with Gasteiger partial charge in [0.25, 0.3) is 0 Å². The molecule has 0 unspecified atom stereocenters. The molecule has 0 bridgehead atoms. The molecule has 2 aromatic heterocycles. The van der Waals surface area contributed by atoms with Crippen LogP contribution in [-0.4, -0.2) is 14.6 Å². The summed E-state index contributed by atoms with van der Waals surface area (Å²) < 4.78 is 15.1. The fraction of sp³-hybridized carbons (Fsp3) is 0.200. The monoisotopic (exact) mass is 270 g/mol. The molecule has 0 saturated heterocycles. The Morgan fingerprint density at radius 1 is 1.15 bits per heavy atom. The molecule has 3 aromatic rings. The maximum atomic E-state index is 13.2. The highest BCUT2D eigenvalue weighted by Gasteiger charge is 2.04. The van der Waals surface area contributed by atoms with Crippen molar-refractivity contribution in [3.05, 3.63) is 65.4 Å². The van der Waals surface area contributed by atoms with Gasteiger partial charge in [-0.15, -0.1) is 10.2 Å². The van der Waals surface area contributed by atoms with Crippen molar-refractivity contribution < 1.29 is 4.39 Å². The summed E-state index contributed by atoms with van der Waals surface area (Å²) in [4.78, 5) is 0. The molecule has 0 fully saturated rings. The van der Waals surface area contributed by atoms with E-state index in [2.05, 4.69) is 15.5 Å². The molecule has 0 atom stereocenters. The number of aromatic nitrogens is 3. The van der Waals surface area contributed by atoms with Crippen molar-refractivity contribution in [1.29, 1.82) is 0 Å². The highest BCUT2D eigenvalue weighted by molar-refractivity contribution is 5.36. The molecular weight excluding hydrogens is 255 g/mol. The zero-order chi connectivity index (χ0) is 13.9. The number of benzene rings is 1. The lowest BCUT2D eigenvalue weighted by Gasteiger charge is -2.05. The van der Waals surface area contributed by atoms with E-state index in [9.17, 15) is 4.39 Å². The molecule has 0 radical (unpaired) electrons. The van der Waals surface area contributed by atoms with Gasteiger partial charge in [-0.2, -0.15) is 0 Å². The number of aryl methyl sites for hydroxylation is 1. The molecule has 2 heterocycles. The van der Waals surface area contributed by atoms with Crippen LogP contribution in [0.25, 0.3) is 5.65 Å². The second kappa shape index (κ2) is 5.38. The van der Waals surface area contributed by atoms with Crippen LogP contribution in [-0.2, 0) is 13.1 Å². The Hall–Kier alpha value is -2.27. The molecule has 102 valence electrons. The Kier molecular flexibility index (Phi) is 3.43. The van der Waals surface area contributed by atoms with Crippen molar-refractivity contribution in [2.45, 2.75) is 20.0 Å². The lowest BCUT2D eigenvalue weighted by molar-refractivity contribution is 0.614. The lowest BCUT2D eigenvalue weighted by Crippen LogP contribution is -2.15. The predicted octanol–water partition coefficient (Wildman–Crippen LogP) is 2.47. The molecule has 0 spiro atoms. The molecule has 0 saturated carbocycles. The zero-order valence-electron chi connectivity index (χ0n) is 11.2. The summed E-state index contributed by atoms with van der Waals surface area (Å²) in [5.41, 5.74) is 2.55. The third kappa shape index (κ3) is 2.53. The Morgan fingerprint density at radius 3 is 2.90 bits per heavy atom. The van der Waals surface area contributed by atoms with Crippen LogP contribution in [0.5, 0.6) is 0 Å². The standard InChI is InChI=1S/C15H15FN4/c1-11-8-12(5-6-13(11)16)9-17-10-15-19-18-14-4-2-3-7-20(14)15/h2-8,17H,9-10H2,1H3. The van der Waals surface area contributed by atoms with Crippen LogP contribution in [0.2, 0.25) is 0 Å². The van der Waals surface area contributed by atoms with E-state index in [1.807, 2.05) is 34.9 Å².